The van der Waals surface area contributed by atoms with Crippen molar-refractivity contribution in [3.8, 4) is 0 Å². The number of likely N-dealkylation sites (tertiary alicyclic amines) is 1. The summed E-state index contributed by atoms with van der Waals surface area (Å²) in [5.41, 5.74) is 1.33. The molecule has 100 valence electrons. The summed E-state index contributed by atoms with van der Waals surface area (Å²) in [5.74, 6) is 0. The van der Waals surface area contributed by atoms with Gasteiger partial charge in [0.2, 0.25) is 0 Å². The summed E-state index contributed by atoms with van der Waals surface area (Å²) in [5, 5.41) is 3.69. The molecule has 2 fully saturated rings. The predicted octanol–water partition coefficient (Wildman–Crippen LogP) is 1.53. The fraction of sp³-hybridized carbons (Fsp3) is 0.786. The molecule has 0 aliphatic carbocycles. The molecule has 1 aromatic rings. The maximum absolute atomic E-state index is 4.23. The van der Waals surface area contributed by atoms with Crippen LogP contribution in [0.4, 0.5) is 0 Å². The van der Waals surface area contributed by atoms with Crippen molar-refractivity contribution in [3.63, 3.8) is 0 Å². The Labute approximate surface area is 109 Å². The minimum Gasteiger partial charge on any atom is -0.337 e. The van der Waals surface area contributed by atoms with Crippen LogP contribution in [0.1, 0.15) is 37.8 Å². The Hall–Kier alpha value is -0.870. The number of rotatable bonds is 3. The summed E-state index contributed by atoms with van der Waals surface area (Å²) in [4.78, 5) is 6.90. The van der Waals surface area contributed by atoms with E-state index in [0.717, 1.165) is 18.6 Å². The van der Waals surface area contributed by atoms with Crippen LogP contribution in [0.2, 0.25) is 0 Å². The molecule has 2 aliphatic heterocycles. The van der Waals surface area contributed by atoms with Gasteiger partial charge in [-0.05, 0) is 38.8 Å². The third kappa shape index (κ3) is 2.45. The zero-order valence-electron chi connectivity index (χ0n) is 11.3. The second-order valence-electron chi connectivity index (χ2n) is 5.73. The van der Waals surface area contributed by atoms with Crippen LogP contribution in [-0.4, -0.2) is 39.6 Å². The highest BCUT2D eigenvalue weighted by atomic mass is 15.2. The van der Waals surface area contributed by atoms with Crippen molar-refractivity contribution < 1.29 is 0 Å². The molecule has 1 aromatic heterocycles. The molecule has 4 heteroatoms. The standard InChI is InChI=1S/C14H24N4/c1-17-11-15-9-12(17)10-18-8-3-2-6-14(18)13-5-4-7-16-13/h9,11,13-14,16H,2-8,10H2,1H3. The van der Waals surface area contributed by atoms with Crippen LogP contribution in [0.25, 0.3) is 0 Å². The van der Waals surface area contributed by atoms with E-state index >= 15 is 0 Å². The Morgan fingerprint density at radius 3 is 3.00 bits per heavy atom. The van der Waals surface area contributed by atoms with E-state index < -0.39 is 0 Å². The van der Waals surface area contributed by atoms with Crippen LogP contribution >= 0.6 is 0 Å². The van der Waals surface area contributed by atoms with Crippen LogP contribution in [0.5, 0.6) is 0 Å². The molecule has 0 aromatic carbocycles. The van der Waals surface area contributed by atoms with Crippen LogP contribution in [0, 0.1) is 0 Å². The minimum absolute atomic E-state index is 0.721. The topological polar surface area (TPSA) is 33.1 Å². The summed E-state index contributed by atoms with van der Waals surface area (Å²) < 4.78 is 2.15. The molecule has 3 rings (SSSR count). The molecule has 0 radical (unpaired) electrons. The van der Waals surface area contributed by atoms with Gasteiger partial charge < -0.3 is 9.88 Å². The molecule has 18 heavy (non-hydrogen) atoms. The monoisotopic (exact) mass is 248 g/mol. The highest BCUT2D eigenvalue weighted by molar-refractivity contribution is 5.00. The van der Waals surface area contributed by atoms with Crippen molar-refractivity contribution in [2.24, 2.45) is 7.05 Å². The number of hydrogen-bond acceptors (Lipinski definition) is 3. The Morgan fingerprint density at radius 1 is 1.33 bits per heavy atom. The third-order valence-corrected chi connectivity index (χ3v) is 4.51. The SMILES string of the molecule is Cn1cncc1CN1CCCCC1C1CCCN1. The summed E-state index contributed by atoms with van der Waals surface area (Å²) in [6, 6.07) is 1.45. The van der Waals surface area contributed by atoms with Crippen molar-refractivity contribution in [1.82, 2.24) is 19.8 Å². The lowest BCUT2D eigenvalue weighted by molar-refractivity contribution is 0.110. The maximum Gasteiger partial charge on any atom is 0.0945 e. The molecule has 4 nitrogen and oxygen atoms in total. The lowest BCUT2D eigenvalue weighted by atomic mass is 9.94. The minimum atomic E-state index is 0.721. The normalized spacial score (nSPS) is 29.8. The van der Waals surface area contributed by atoms with E-state index in [1.165, 1.54) is 50.9 Å². The van der Waals surface area contributed by atoms with Gasteiger partial charge in [-0.2, -0.15) is 0 Å². The molecule has 2 aliphatic rings. The van der Waals surface area contributed by atoms with Gasteiger partial charge in [-0.15, -0.1) is 0 Å². The molecular weight excluding hydrogens is 224 g/mol. The van der Waals surface area contributed by atoms with Crippen LogP contribution in [-0.2, 0) is 13.6 Å². The second-order valence-corrected chi connectivity index (χ2v) is 5.73. The van der Waals surface area contributed by atoms with Gasteiger partial charge in [0.15, 0.2) is 0 Å². The molecule has 1 N–H and O–H groups in total. The predicted molar refractivity (Wildman–Crippen MR) is 72.3 cm³/mol. The zero-order valence-corrected chi connectivity index (χ0v) is 11.3. The first-order valence-corrected chi connectivity index (χ1v) is 7.27. The quantitative estimate of drug-likeness (QED) is 0.880. The van der Waals surface area contributed by atoms with Gasteiger partial charge in [0.1, 0.15) is 0 Å². The number of nitrogens with zero attached hydrogens (tertiary/aromatic N) is 3. The van der Waals surface area contributed by atoms with E-state index in [-0.39, 0.29) is 0 Å². The Bertz CT molecular complexity index is 381. The maximum atomic E-state index is 4.23. The Balaban J connectivity index is 1.69. The number of piperidine rings is 1. The van der Waals surface area contributed by atoms with Crippen molar-refractivity contribution in [1.29, 1.82) is 0 Å². The van der Waals surface area contributed by atoms with Gasteiger partial charge in [0, 0.05) is 31.9 Å². The molecule has 0 bridgehead atoms. The number of imidazole rings is 1. The summed E-state index contributed by atoms with van der Waals surface area (Å²) in [6.07, 6.45) is 10.7. The van der Waals surface area contributed by atoms with Crippen molar-refractivity contribution in [2.45, 2.75) is 50.7 Å². The Morgan fingerprint density at radius 2 is 2.28 bits per heavy atom. The lowest BCUT2D eigenvalue weighted by Gasteiger charge is -2.39. The molecule has 2 unspecified atom stereocenters. The molecule has 2 saturated heterocycles. The van der Waals surface area contributed by atoms with Gasteiger partial charge in [0.25, 0.3) is 0 Å². The van der Waals surface area contributed by atoms with Gasteiger partial charge >= 0.3 is 0 Å². The lowest BCUT2D eigenvalue weighted by Crippen LogP contribution is -2.49. The van der Waals surface area contributed by atoms with Gasteiger partial charge in [-0.25, -0.2) is 4.98 Å². The van der Waals surface area contributed by atoms with Crippen LogP contribution < -0.4 is 5.32 Å². The average Bonchev–Trinajstić information content (AvgIpc) is 3.03. The van der Waals surface area contributed by atoms with Gasteiger partial charge in [0.05, 0.1) is 12.0 Å². The number of aromatic nitrogens is 2. The number of nitrogens with one attached hydrogen (secondary N) is 1. The number of hydrogen-bond donors (Lipinski definition) is 1. The summed E-state index contributed by atoms with van der Waals surface area (Å²) >= 11 is 0. The van der Waals surface area contributed by atoms with Crippen LogP contribution in [0.15, 0.2) is 12.5 Å². The fourth-order valence-corrected chi connectivity index (χ4v) is 3.45. The highest BCUT2D eigenvalue weighted by Gasteiger charge is 2.31. The summed E-state index contributed by atoms with van der Waals surface area (Å²) in [7, 11) is 2.09. The molecule has 3 heterocycles. The zero-order chi connectivity index (χ0) is 12.4. The van der Waals surface area contributed by atoms with E-state index in [1.807, 2.05) is 12.5 Å². The summed E-state index contributed by atoms with van der Waals surface area (Å²) in [6.45, 7) is 3.51. The van der Waals surface area contributed by atoms with Gasteiger partial charge in [-0.1, -0.05) is 6.42 Å². The van der Waals surface area contributed by atoms with Crippen LogP contribution in [0.3, 0.4) is 0 Å². The number of aryl methyl sites for hydroxylation is 1. The highest BCUT2D eigenvalue weighted by Crippen LogP contribution is 2.25. The van der Waals surface area contributed by atoms with E-state index in [4.69, 9.17) is 0 Å². The molecule has 2 atom stereocenters. The van der Waals surface area contributed by atoms with E-state index in [0.29, 0.717) is 0 Å². The van der Waals surface area contributed by atoms with Gasteiger partial charge in [-0.3, -0.25) is 4.90 Å². The third-order valence-electron chi connectivity index (χ3n) is 4.51. The smallest absolute Gasteiger partial charge is 0.0945 e. The Kier molecular flexibility index (Phi) is 3.66. The van der Waals surface area contributed by atoms with E-state index in [1.54, 1.807) is 0 Å². The fourth-order valence-electron chi connectivity index (χ4n) is 3.45. The second kappa shape index (κ2) is 5.41. The molecule has 0 spiro atoms. The molecule has 0 amide bonds. The van der Waals surface area contributed by atoms with Crippen molar-refractivity contribution in [2.75, 3.05) is 13.1 Å². The van der Waals surface area contributed by atoms with E-state index in [9.17, 15) is 0 Å². The largest absolute Gasteiger partial charge is 0.337 e. The van der Waals surface area contributed by atoms with Crippen molar-refractivity contribution in [3.05, 3.63) is 18.2 Å². The molecular formula is C14H24N4. The first-order chi connectivity index (χ1) is 8.84. The average molecular weight is 248 g/mol. The molecule has 0 saturated carbocycles. The first kappa shape index (κ1) is 12.2. The first-order valence-electron chi connectivity index (χ1n) is 7.27. The van der Waals surface area contributed by atoms with Crippen molar-refractivity contribution >= 4 is 0 Å². The van der Waals surface area contributed by atoms with E-state index in [2.05, 4.69) is 26.8 Å².